The van der Waals surface area contributed by atoms with Gasteiger partial charge < -0.3 is 29.9 Å². The van der Waals surface area contributed by atoms with Crippen LogP contribution in [0.4, 0.5) is 5.82 Å². The number of nitrogens with two attached hydrogens (primary N) is 1. The summed E-state index contributed by atoms with van der Waals surface area (Å²) in [6.45, 7) is 0.564. The van der Waals surface area contributed by atoms with Gasteiger partial charge in [0.1, 0.15) is 30.4 Å². The summed E-state index contributed by atoms with van der Waals surface area (Å²) >= 11 is 0. The molecular formula is C30H31N6O9P. The predicted octanol–water partition coefficient (Wildman–Crippen LogP) is 3.90. The number of hydrogen-bond acceptors (Lipinski definition) is 12. The number of aromatic nitrogens is 2. The van der Waals surface area contributed by atoms with E-state index < -0.39 is 62.1 Å². The van der Waals surface area contributed by atoms with Crippen molar-refractivity contribution >= 4 is 30.2 Å². The van der Waals surface area contributed by atoms with E-state index in [2.05, 4.69) is 15.0 Å². The molecule has 1 saturated heterocycles. The van der Waals surface area contributed by atoms with Gasteiger partial charge >= 0.3 is 19.3 Å². The van der Waals surface area contributed by atoms with E-state index in [1.807, 2.05) is 24.3 Å². The number of fused-ring (bicyclic) bond motifs is 1. The number of azide groups is 1. The molecule has 1 unspecified atom stereocenters. The third kappa shape index (κ3) is 7.05. The average molecular weight is 651 g/mol. The molecule has 0 amide bonds. The lowest BCUT2D eigenvalue weighted by Gasteiger charge is -2.29. The molecule has 16 heteroatoms. The second-order valence-electron chi connectivity index (χ2n) is 10.7. The molecule has 4 N–H and O–H groups in total. The molecule has 46 heavy (non-hydrogen) atoms. The van der Waals surface area contributed by atoms with Gasteiger partial charge in [-0.3, -0.25) is 13.9 Å². The highest BCUT2D eigenvalue weighted by Gasteiger charge is 2.56. The van der Waals surface area contributed by atoms with Crippen molar-refractivity contribution in [2.45, 2.75) is 37.7 Å². The number of nitrogen functional groups attached to an aromatic ring is 1. The van der Waals surface area contributed by atoms with E-state index >= 15 is 0 Å². The van der Waals surface area contributed by atoms with Gasteiger partial charge in [-0.25, -0.2) is 9.36 Å². The first-order chi connectivity index (χ1) is 22.0. The van der Waals surface area contributed by atoms with Gasteiger partial charge in [-0.1, -0.05) is 78.8 Å². The minimum Gasteiger partial charge on any atom is -0.461 e. The molecule has 1 fully saturated rings. The first kappa shape index (κ1) is 32.6. The van der Waals surface area contributed by atoms with Crippen LogP contribution < -0.4 is 15.9 Å². The van der Waals surface area contributed by atoms with Gasteiger partial charge in [0.25, 0.3) is 0 Å². The predicted molar refractivity (Wildman–Crippen MR) is 165 cm³/mol. The number of hydrogen-bond donors (Lipinski definition) is 3. The number of benzene rings is 3. The van der Waals surface area contributed by atoms with Crippen molar-refractivity contribution in [3.63, 3.8) is 0 Å². The van der Waals surface area contributed by atoms with Crippen LogP contribution in [0, 0.1) is 5.92 Å². The lowest BCUT2D eigenvalue weighted by Crippen LogP contribution is -2.45. The normalized spacial score (nSPS) is 22.8. The molecule has 15 nitrogen and oxygen atoms in total. The fourth-order valence-electron chi connectivity index (χ4n) is 4.93. The summed E-state index contributed by atoms with van der Waals surface area (Å²) in [4.78, 5) is 31.7. The van der Waals surface area contributed by atoms with Gasteiger partial charge in [-0.15, -0.1) is 0 Å². The molecular weight excluding hydrogens is 619 g/mol. The first-order valence-corrected chi connectivity index (χ1v) is 15.8. The van der Waals surface area contributed by atoms with Gasteiger partial charge in [0, 0.05) is 16.5 Å². The van der Waals surface area contributed by atoms with Crippen LogP contribution in [-0.4, -0.2) is 56.4 Å². The average Bonchev–Trinajstić information content (AvgIpc) is 3.29. The van der Waals surface area contributed by atoms with E-state index in [9.17, 15) is 29.9 Å². The summed E-state index contributed by atoms with van der Waals surface area (Å²) in [7, 11) is -4.38. The van der Waals surface area contributed by atoms with Crippen LogP contribution in [-0.2, 0) is 30.0 Å². The molecule has 1 aliphatic rings. The minimum absolute atomic E-state index is 0.0159. The van der Waals surface area contributed by atoms with Crippen LogP contribution in [0.1, 0.15) is 18.7 Å². The van der Waals surface area contributed by atoms with Crippen molar-refractivity contribution in [3.05, 3.63) is 112 Å². The Morgan fingerprint density at radius 1 is 1.15 bits per heavy atom. The quantitative estimate of drug-likeness (QED) is 0.0656. The molecule has 4 aromatic rings. The van der Waals surface area contributed by atoms with Crippen LogP contribution in [0.15, 0.2) is 95.0 Å². The molecule has 1 aromatic heterocycles. The van der Waals surface area contributed by atoms with Gasteiger partial charge in [0.15, 0.2) is 6.23 Å². The van der Waals surface area contributed by atoms with E-state index in [1.165, 1.54) is 19.2 Å². The van der Waals surface area contributed by atoms with Crippen LogP contribution in [0.5, 0.6) is 5.75 Å². The van der Waals surface area contributed by atoms with Gasteiger partial charge in [0.05, 0.1) is 18.7 Å². The number of carbonyl (C=O) groups is 1. The van der Waals surface area contributed by atoms with Crippen LogP contribution in [0.3, 0.4) is 0 Å². The molecule has 1 aliphatic heterocycles. The Balaban J connectivity index is 1.43. The summed E-state index contributed by atoms with van der Waals surface area (Å²) in [6.07, 6.45) is -4.68. The number of esters is 1. The van der Waals surface area contributed by atoms with Crippen molar-refractivity contribution in [1.82, 2.24) is 9.55 Å². The van der Waals surface area contributed by atoms with Crippen molar-refractivity contribution < 1.29 is 38.1 Å². The Morgan fingerprint density at radius 2 is 1.87 bits per heavy atom. The zero-order valence-electron chi connectivity index (χ0n) is 24.5. The van der Waals surface area contributed by atoms with Gasteiger partial charge in [-0.2, -0.15) is 4.98 Å². The fourth-order valence-corrected chi connectivity index (χ4v) is 6.83. The molecule has 3 aromatic carbocycles. The molecule has 6 atom stereocenters. The molecule has 0 spiro atoms. The SMILES string of the molecule is C[C@H](CP(=O)(OC[C@@]1(N=[N+]=[N-])O[C@@H](n2ccc(N)nc2=O)[C@H](O)[C@@H]1O)Oc1cccc2ccccc12)C(=O)OCc1ccccc1. The molecule has 2 heterocycles. The maximum Gasteiger partial charge on any atom is 0.380 e. The van der Waals surface area contributed by atoms with E-state index in [-0.39, 0.29) is 18.2 Å². The molecule has 240 valence electrons. The topological polar surface area (TPSA) is 221 Å². The van der Waals surface area contributed by atoms with Gasteiger partial charge in [0.2, 0.25) is 5.72 Å². The van der Waals surface area contributed by atoms with Crippen molar-refractivity contribution in [3.8, 4) is 5.75 Å². The second-order valence-corrected chi connectivity index (χ2v) is 12.7. The highest BCUT2D eigenvalue weighted by molar-refractivity contribution is 7.54. The maximum atomic E-state index is 14.5. The Hall–Kier alpha value is -4.75. The van der Waals surface area contributed by atoms with Crippen LogP contribution in [0.2, 0.25) is 0 Å². The monoisotopic (exact) mass is 650 g/mol. The van der Waals surface area contributed by atoms with Crippen molar-refractivity contribution in [2.24, 2.45) is 11.0 Å². The molecule has 0 bridgehead atoms. The lowest BCUT2D eigenvalue weighted by atomic mass is 10.1. The zero-order valence-corrected chi connectivity index (χ0v) is 25.4. The number of rotatable bonds is 12. The molecule has 0 saturated carbocycles. The number of anilines is 1. The molecule has 0 radical (unpaired) electrons. The van der Waals surface area contributed by atoms with Crippen LogP contribution >= 0.6 is 7.60 Å². The Morgan fingerprint density at radius 3 is 2.61 bits per heavy atom. The van der Waals surface area contributed by atoms with Crippen LogP contribution in [0.25, 0.3) is 21.2 Å². The number of nitrogens with zero attached hydrogens (tertiary/aromatic N) is 5. The third-order valence-electron chi connectivity index (χ3n) is 7.32. The number of carbonyl (C=O) groups excluding carboxylic acids is 1. The highest BCUT2D eigenvalue weighted by Crippen LogP contribution is 2.53. The minimum atomic E-state index is -4.38. The van der Waals surface area contributed by atoms with E-state index in [4.69, 9.17) is 24.3 Å². The smallest absolute Gasteiger partial charge is 0.380 e. The highest BCUT2D eigenvalue weighted by atomic mass is 31.2. The maximum absolute atomic E-state index is 14.5. The summed E-state index contributed by atoms with van der Waals surface area (Å²) in [5, 5.41) is 26.7. The Bertz CT molecular complexity index is 1860. The zero-order chi connectivity index (χ0) is 32.9. The largest absolute Gasteiger partial charge is 0.461 e. The Labute approximate surface area is 262 Å². The number of ether oxygens (including phenoxy) is 2. The summed E-state index contributed by atoms with van der Waals surface area (Å²) < 4.78 is 38.3. The summed E-state index contributed by atoms with van der Waals surface area (Å²) in [5.41, 5.74) is 12.4. The molecule has 0 aliphatic carbocycles. The lowest BCUT2D eigenvalue weighted by molar-refractivity contribution is -0.148. The standard InChI is InChI=1S/C30H31N6O9P/c1-19(28(39)42-16-20-8-3-2-4-9-20)17-46(41,45-23-13-7-11-21-10-5-6-12-22(21)23)43-18-30(34-35-32)26(38)25(37)27(44-30)36-15-14-24(31)33-29(36)40/h2-15,19,25-27,37-38H,16-18H2,1H3,(H2,31,33,40)/t19-,25-,26+,27-,30-,46?/m1/s1. The molecule has 5 rings (SSSR count). The first-order valence-electron chi connectivity index (χ1n) is 14.1. The van der Waals surface area contributed by atoms with Gasteiger partial charge in [-0.05, 0) is 28.6 Å². The summed E-state index contributed by atoms with van der Waals surface area (Å²) in [5.74, 6) is -1.61. The van der Waals surface area contributed by atoms with Crippen molar-refractivity contribution in [2.75, 3.05) is 18.5 Å². The Kier molecular flexibility index (Phi) is 9.73. The second kappa shape index (κ2) is 13.7. The fraction of sp³-hybridized carbons (Fsp3) is 0.300. The third-order valence-corrected chi connectivity index (χ3v) is 9.31. The number of aliphatic hydroxyl groups is 2. The number of aliphatic hydroxyl groups excluding tert-OH is 2. The summed E-state index contributed by atoms with van der Waals surface area (Å²) in [6, 6.07) is 22.5. The van der Waals surface area contributed by atoms with E-state index in [0.717, 1.165) is 15.5 Å². The van der Waals surface area contributed by atoms with E-state index in [1.54, 1.807) is 48.5 Å². The van der Waals surface area contributed by atoms with E-state index in [0.29, 0.717) is 5.39 Å². The van der Waals surface area contributed by atoms with Crippen molar-refractivity contribution in [1.29, 1.82) is 0 Å².